The molecule has 43 heavy (non-hydrogen) atoms. The highest BCUT2D eigenvalue weighted by Gasteiger charge is 2.58. The first-order valence-corrected chi connectivity index (χ1v) is 15.8. The molecule has 9 heteroatoms. The van der Waals surface area contributed by atoms with E-state index in [1.165, 1.54) is 11.8 Å². The van der Waals surface area contributed by atoms with Crippen molar-refractivity contribution in [1.82, 2.24) is 15.4 Å². The summed E-state index contributed by atoms with van der Waals surface area (Å²) in [7, 11) is 0. The standard InChI is InChI=1S/C34H29BrClN3O3S/c1-22-7-14-27(15-8-22)43-34(33(41)38-42-21-24-5-3-2-4-6-24)18-31(40)39(20-23-9-11-25(35)12-10-23)32(34)29-19-37-30-17-26(36)13-16-28(29)30/h2-17,19,32,37H,18,20-21H2,1H3,(H,38,41)/t32-,34-/m0/s1. The molecular weight excluding hydrogens is 646 g/mol. The van der Waals surface area contributed by atoms with Gasteiger partial charge in [0, 0.05) is 43.6 Å². The molecule has 2 atom stereocenters. The number of likely N-dealkylation sites (tertiary alicyclic amines) is 1. The Morgan fingerprint density at radius 3 is 2.53 bits per heavy atom. The van der Waals surface area contributed by atoms with Gasteiger partial charge in [-0.3, -0.25) is 14.4 Å². The van der Waals surface area contributed by atoms with Crippen molar-refractivity contribution in [2.75, 3.05) is 0 Å². The van der Waals surface area contributed by atoms with Crippen molar-refractivity contribution in [3.8, 4) is 0 Å². The average molecular weight is 675 g/mol. The van der Waals surface area contributed by atoms with Crippen molar-refractivity contribution >= 4 is 62.0 Å². The average Bonchev–Trinajstić information content (AvgIpc) is 3.53. The minimum atomic E-state index is -1.24. The number of aryl methyl sites for hydroxylation is 1. The summed E-state index contributed by atoms with van der Waals surface area (Å²) in [5.74, 6) is -0.483. The Hall–Kier alpha value is -3.56. The van der Waals surface area contributed by atoms with E-state index in [0.717, 1.165) is 42.5 Å². The first kappa shape index (κ1) is 29.5. The van der Waals surface area contributed by atoms with Crippen LogP contribution in [-0.2, 0) is 27.6 Å². The number of hydrogen-bond acceptors (Lipinski definition) is 4. The third kappa shape index (κ3) is 6.24. The fourth-order valence-electron chi connectivity index (χ4n) is 5.56. The van der Waals surface area contributed by atoms with E-state index in [1.807, 2.05) is 115 Å². The number of aromatic nitrogens is 1. The van der Waals surface area contributed by atoms with Gasteiger partial charge < -0.3 is 9.88 Å². The molecule has 4 aromatic carbocycles. The van der Waals surface area contributed by atoms with Gasteiger partial charge in [-0.2, -0.15) is 0 Å². The Kier molecular flexibility index (Phi) is 8.63. The molecule has 0 radical (unpaired) electrons. The molecule has 0 spiro atoms. The highest BCUT2D eigenvalue weighted by atomic mass is 79.9. The number of carbonyl (C=O) groups is 2. The van der Waals surface area contributed by atoms with Crippen LogP contribution in [0.1, 0.15) is 34.7 Å². The molecule has 0 saturated carbocycles. The molecule has 2 N–H and O–H groups in total. The topological polar surface area (TPSA) is 74.4 Å². The predicted molar refractivity (Wildman–Crippen MR) is 174 cm³/mol. The number of hydrogen-bond donors (Lipinski definition) is 2. The third-order valence-electron chi connectivity index (χ3n) is 7.68. The molecule has 1 fully saturated rings. The predicted octanol–water partition coefficient (Wildman–Crippen LogP) is 8.14. The van der Waals surface area contributed by atoms with Crippen molar-refractivity contribution in [3.05, 3.63) is 135 Å². The zero-order valence-corrected chi connectivity index (χ0v) is 26.5. The zero-order chi connectivity index (χ0) is 30.0. The van der Waals surface area contributed by atoms with Crippen LogP contribution < -0.4 is 5.48 Å². The van der Waals surface area contributed by atoms with Gasteiger partial charge in [0.05, 0.1) is 19.1 Å². The van der Waals surface area contributed by atoms with E-state index in [0.29, 0.717) is 11.6 Å². The summed E-state index contributed by atoms with van der Waals surface area (Å²) in [5, 5.41) is 1.50. The van der Waals surface area contributed by atoms with Gasteiger partial charge in [-0.05, 0) is 54.4 Å². The molecule has 1 aromatic heterocycles. The molecule has 1 aliphatic heterocycles. The van der Waals surface area contributed by atoms with Crippen molar-refractivity contribution in [2.45, 2.75) is 42.2 Å². The largest absolute Gasteiger partial charge is 0.361 e. The summed E-state index contributed by atoms with van der Waals surface area (Å²) < 4.78 is -0.291. The van der Waals surface area contributed by atoms with Crippen LogP contribution in [-0.4, -0.2) is 26.4 Å². The van der Waals surface area contributed by atoms with Crippen molar-refractivity contribution in [2.24, 2.45) is 0 Å². The van der Waals surface area contributed by atoms with E-state index in [-0.39, 0.29) is 24.8 Å². The number of benzene rings is 4. The lowest BCUT2D eigenvalue weighted by molar-refractivity contribution is -0.138. The molecule has 1 aliphatic rings. The maximum absolute atomic E-state index is 14.4. The fraction of sp³-hybridized carbons (Fsp3) is 0.176. The van der Waals surface area contributed by atoms with Gasteiger partial charge in [0.1, 0.15) is 4.75 Å². The number of nitrogens with one attached hydrogen (secondary N) is 2. The van der Waals surface area contributed by atoms with E-state index in [2.05, 4.69) is 26.4 Å². The van der Waals surface area contributed by atoms with E-state index >= 15 is 0 Å². The van der Waals surface area contributed by atoms with Crippen molar-refractivity contribution in [1.29, 1.82) is 0 Å². The Morgan fingerprint density at radius 2 is 1.79 bits per heavy atom. The van der Waals surface area contributed by atoms with Gasteiger partial charge in [-0.1, -0.05) is 93.8 Å². The number of halogens is 2. The molecule has 6 nitrogen and oxygen atoms in total. The maximum atomic E-state index is 14.4. The van der Waals surface area contributed by atoms with Crippen LogP contribution in [0, 0.1) is 6.92 Å². The number of hydroxylamine groups is 1. The van der Waals surface area contributed by atoms with Gasteiger partial charge >= 0.3 is 0 Å². The minimum absolute atomic E-state index is 0.00642. The first-order chi connectivity index (χ1) is 20.8. The maximum Gasteiger partial charge on any atom is 0.263 e. The number of aromatic amines is 1. The molecule has 0 aliphatic carbocycles. The number of fused-ring (bicyclic) bond motifs is 1. The number of carbonyl (C=O) groups excluding carboxylic acids is 2. The summed E-state index contributed by atoms with van der Waals surface area (Å²) in [4.78, 5) is 40.3. The summed E-state index contributed by atoms with van der Waals surface area (Å²) in [6.07, 6.45) is 1.88. The van der Waals surface area contributed by atoms with Crippen LogP contribution in [0.25, 0.3) is 10.9 Å². The quantitative estimate of drug-likeness (QED) is 0.155. The van der Waals surface area contributed by atoms with Gasteiger partial charge in [-0.25, -0.2) is 5.48 Å². The second-order valence-electron chi connectivity index (χ2n) is 10.7. The highest BCUT2D eigenvalue weighted by molar-refractivity contribution is 9.10. The van der Waals surface area contributed by atoms with Crippen molar-refractivity contribution in [3.63, 3.8) is 0 Å². The third-order valence-corrected chi connectivity index (χ3v) is 9.86. The number of nitrogens with zero attached hydrogens (tertiary/aromatic N) is 1. The lowest BCUT2D eigenvalue weighted by Crippen LogP contribution is -2.48. The highest BCUT2D eigenvalue weighted by Crippen LogP contribution is 2.54. The van der Waals surface area contributed by atoms with E-state index in [4.69, 9.17) is 16.4 Å². The molecule has 2 heterocycles. The fourth-order valence-corrected chi connectivity index (χ4v) is 7.38. The number of H-pyrrole nitrogens is 1. The van der Waals surface area contributed by atoms with Gasteiger partial charge in [0.25, 0.3) is 5.91 Å². The monoisotopic (exact) mass is 673 g/mol. The summed E-state index contributed by atoms with van der Waals surface area (Å²) in [6, 6.07) is 30.5. The van der Waals surface area contributed by atoms with E-state index in [9.17, 15) is 9.59 Å². The number of thioether (sulfide) groups is 1. The molecule has 1 saturated heterocycles. The first-order valence-electron chi connectivity index (χ1n) is 13.8. The van der Waals surface area contributed by atoms with Gasteiger partial charge in [-0.15, -0.1) is 11.8 Å². The zero-order valence-electron chi connectivity index (χ0n) is 23.3. The smallest absolute Gasteiger partial charge is 0.263 e. The van der Waals surface area contributed by atoms with Crippen LogP contribution in [0.5, 0.6) is 0 Å². The SMILES string of the molecule is Cc1ccc(S[C@@]2(C(=O)NOCc3ccccc3)CC(=O)N(Cc3ccc(Br)cc3)[C@H]2c2c[nH]c3cc(Cl)ccc23)cc1. The Morgan fingerprint density at radius 1 is 1.05 bits per heavy atom. The second-order valence-corrected chi connectivity index (χ2v) is 13.4. The molecule has 0 bridgehead atoms. The van der Waals surface area contributed by atoms with Crippen LogP contribution in [0.2, 0.25) is 5.02 Å². The molecular formula is C34H29BrClN3O3S. The normalized spacial score (nSPS) is 18.3. The van der Waals surface area contributed by atoms with Crippen LogP contribution in [0.4, 0.5) is 0 Å². The van der Waals surface area contributed by atoms with E-state index < -0.39 is 10.8 Å². The Balaban J connectivity index is 1.45. The van der Waals surface area contributed by atoms with Gasteiger partial charge in [0.15, 0.2) is 0 Å². The minimum Gasteiger partial charge on any atom is -0.361 e. The molecule has 6 rings (SSSR count). The summed E-state index contributed by atoms with van der Waals surface area (Å²) in [6.45, 7) is 2.56. The van der Waals surface area contributed by atoms with Crippen LogP contribution in [0.3, 0.4) is 0 Å². The lowest BCUT2D eigenvalue weighted by atomic mass is 9.91. The number of rotatable bonds is 9. The summed E-state index contributed by atoms with van der Waals surface area (Å²) >= 11 is 11.2. The lowest BCUT2D eigenvalue weighted by Gasteiger charge is -2.36. The molecule has 0 unspecified atom stereocenters. The van der Waals surface area contributed by atoms with Crippen LogP contribution in [0.15, 0.2) is 113 Å². The second kappa shape index (κ2) is 12.6. The Bertz CT molecular complexity index is 1760. The summed E-state index contributed by atoms with van der Waals surface area (Å²) in [5.41, 5.74) is 7.40. The van der Waals surface area contributed by atoms with Crippen LogP contribution >= 0.6 is 39.3 Å². The van der Waals surface area contributed by atoms with Crippen molar-refractivity contribution < 1.29 is 14.4 Å². The van der Waals surface area contributed by atoms with E-state index in [1.54, 1.807) is 0 Å². The molecule has 2 amide bonds. The van der Waals surface area contributed by atoms with Gasteiger partial charge in [0.2, 0.25) is 5.91 Å². The Labute approximate surface area is 267 Å². The molecule has 5 aromatic rings. The number of amides is 2. The molecule has 218 valence electrons.